The second kappa shape index (κ2) is 12.3. The first-order valence-corrected chi connectivity index (χ1v) is 12.7. The van der Waals surface area contributed by atoms with Gasteiger partial charge in [0.2, 0.25) is 5.91 Å². The summed E-state index contributed by atoms with van der Waals surface area (Å²) in [7, 11) is 1.61. The molecule has 2 amide bonds. The lowest BCUT2D eigenvalue weighted by Crippen LogP contribution is -2.43. The largest absolute Gasteiger partial charge is 0.496 e. The van der Waals surface area contributed by atoms with E-state index in [0.717, 1.165) is 52.4 Å². The number of carbonyl (C=O) groups is 2. The Kier molecular flexibility index (Phi) is 9.41. The van der Waals surface area contributed by atoms with Crippen LogP contribution in [-0.2, 0) is 9.59 Å². The third kappa shape index (κ3) is 6.62. The fourth-order valence-corrected chi connectivity index (χ4v) is 5.23. The van der Waals surface area contributed by atoms with E-state index in [-0.39, 0.29) is 18.4 Å². The Hall–Kier alpha value is -2.29. The zero-order valence-electron chi connectivity index (χ0n) is 19.3. The van der Waals surface area contributed by atoms with E-state index in [0.29, 0.717) is 11.4 Å². The molecule has 1 heterocycles. The molecule has 2 aromatic rings. The topological polar surface area (TPSA) is 61.9 Å². The number of fused-ring (bicyclic) bond motifs is 1. The minimum Gasteiger partial charge on any atom is -0.496 e. The van der Waals surface area contributed by atoms with Crippen LogP contribution >= 0.6 is 27.7 Å². The van der Waals surface area contributed by atoms with Crippen LogP contribution in [0.3, 0.4) is 0 Å². The summed E-state index contributed by atoms with van der Waals surface area (Å²) < 4.78 is 6.10. The Morgan fingerprint density at radius 2 is 1.97 bits per heavy atom. The molecule has 1 aliphatic heterocycles. The lowest BCUT2D eigenvalue weighted by atomic mass is 10.2. The predicted octanol–water partition coefficient (Wildman–Crippen LogP) is 4.79. The summed E-state index contributed by atoms with van der Waals surface area (Å²) in [4.78, 5) is 31.4. The molecule has 1 N–H and O–H groups in total. The summed E-state index contributed by atoms with van der Waals surface area (Å²) in [5, 5.41) is 2.96. The molecule has 6 nitrogen and oxygen atoms in total. The second-order valence-corrected chi connectivity index (χ2v) is 9.53. The van der Waals surface area contributed by atoms with Gasteiger partial charge in [-0.1, -0.05) is 43.8 Å². The molecule has 0 spiro atoms. The molecular formula is C25H30BrN3O3S. The minimum atomic E-state index is -0.177. The van der Waals surface area contributed by atoms with Crippen LogP contribution in [0.1, 0.15) is 25.8 Å². The Balaban J connectivity index is 1.73. The van der Waals surface area contributed by atoms with Crippen molar-refractivity contribution in [2.45, 2.75) is 25.2 Å². The summed E-state index contributed by atoms with van der Waals surface area (Å²) >= 11 is 4.92. The molecule has 0 bridgehead atoms. The van der Waals surface area contributed by atoms with Crippen LogP contribution in [0.4, 0.5) is 5.69 Å². The average molecular weight is 533 g/mol. The van der Waals surface area contributed by atoms with Gasteiger partial charge in [0.15, 0.2) is 0 Å². The number of amides is 2. The van der Waals surface area contributed by atoms with Gasteiger partial charge >= 0.3 is 0 Å². The molecule has 0 fully saturated rings. The highest BCUT2D eigenvalue weighted by Gasteiger charge is 2.30. The maximum Gasteiger partial charge on any atom is 0.265 e. The van der Waals surface area contributed by atoms with E-state index in [4.69, 9.17) is 4.74 Å². The minimum absolute atomic E-state index is 0.00861. The van der Waals surface area contributed by atoms with Crippen LogP contribution in [0.2, 0.25) is 0 Å². The highest BCUT2D eigenvalue weighted by atomic mass is 79.9. The van der Waals surface area contributed by atoms with Gasteiger partial charge in [0, 0.05) is 11.4 Å². The third-order valence-corrected chi connectivity index (χ3v) is 7.17. The van der Waals surface area contributed by atoms with Crippen molar-refractivity contribution in [2.75, 3.05) is 44.7 Å². The Bertz CT molecular complexity index is 1020. The summed E-state index contributed by atoms with van der Waals surface area (Å²) in [5.41, 5.74) is 1.64. The molecule has 0 saturated heterocycles. The van der Waals surface area contributed by atoms with E-state index in [1.807, 2.05) is 48.5 Å². The SMILES string of the molecule is CCN(CC)CCCNC(=O)CN1C(=O)/C(=C\c2ccc(OC)c(Br)c2)Sc2ccccc21. The maximum atomic E-state index is 13.3. The molecule has 8 heteroatoms. The van der Waals surface area contributed by atoms with E-state index >= 15 is 0 Å². The van der Waals surface area contributed by atoms with Crippen LogP contribution in [0.15, 0.2) is 56.7 Å². The zero-order valence-corrected chi connectivity index (χ0v) is 21.7. The molecule has 0 radical (unpaired) electrons. The third-order valence-electron chi connectivity index (χ3n) is 5.47. The molecule has 0 aliphatic carbocycles. The van der Waals surface area contributed by atoms with E-state index in [1.165, 1.54) is 11.8 Å². The maximum absolute atomic E-state index is 13.3. The fraction of sp³-hybridized carbons (Fsp3) is 0.360. The van der Waals surface area contributed by atoms with Crippen molar-refractivity contribution < 1.29 is 14.3 Å². The molecule has 3 rings (SSSR count). The number of halogens is 1. The lowest BCUT2D eigenvalue weighted by molar-refractivity contribution is -0.122. The van der Waals surface area contributed by atoms with Crippen molar-refractivity contribution in [3.63, 3.8) is 0 Å². The van der Waals surface area contributed by atoms with Gasteiger partial charge in [-0.3, -0.25) is 14.5 Å². The standard InChI is InChI=1S/C25H30BrN3O3S/c1-4-28(5-2)14-8-13-27-24(30)17-29-20-9-6-7-10-22(20)33-23(25(29)31)16-18-11-12-21(32-3)19(26)15-18/h6-7,9-12,15-16H,4-5,8,13-14,17H2,1-3H3,(H,27,30)/b23-16+. The van der Waals surface area contributed by atoms with Crippen molar-refractivity contribution in [1.29, 1.82) is 0 Å². The smallest absolute Gasteiger partial charge is 0.265 e. The highest BCUT2D eigenvalue weighted by molar-refractivity contribution is 9.10. The summed E-state index contributed by atoms with van der Waals surface area (Å²) in [6.07, 6.45) is 2.73. The van der Waals surface area contributed by atoms with E-state index in [9.17, 15) is 9.59 Å². The van der Waals surface area contributed by atoms with Gasteiger partial charge in [0.25, 0.3) is 5.91 Å². The monoisotopic (exact) mass is 531 g/mol. The van der Waals surface area contributed by atoms with E-state index < -0.39 is 0 Å². The van der Waals surface area contributed by atoms with Gasteiger partial charge in [-0.2, -0.15) is 0 Å². The number of hydrogen-bond donors (Lipinski definition) is 1. The summed E-state index contributed by atoms with van der Waals surface area (Å²) in [6.45, 7) is 7.80. The molecule has 0 unspecified atom stereocenters. The average Bonchev–Trinajstić information content (AvgIpc) is 2.82. The Morgan fingerprint density at radius 1 is 1.21 bits per heavy atom. The number of hydrogen-bond acceptors (Lipinski definition) is 5. The Morgan fingerprint density at radius 3 is 2.67 bits per heavy atom. The quantitative estimate of drug-likeness (QED) is 0.353. The zero-order chi connectivity index (χ0) is 23.8. The van der Waals surface area contributed by atoms with Crippen molar-refractivity contribution in [3.8, 4) is 5.75 Å². The molecule has 0 saturated carbocycles. The second-order valence-electron chi connectivity index (χ2n) is 7.59. The van der Waals surface area contributed by atoms with Crippen LogP contribution in [-0.4, -0.2) is 56.5 Å². The van der Waals surface area contributed by atoms with Crippen LogP contribution < -0.4 is 15.0 Å². The number of nitrogens with one attached hydrogen (secondary N) is 1. The van der Waals surface area contributed by atoms with Gasteiger partial charge in [-0.15, -0.1) is 0 Å². The van der Waals surface area contributed by atoms with Crippen molar-refractivity contribution in [3.05, 3.63) is 57.4 Å². The van der Waals surface area contributed by atoms with Crippen molar-refractivity contribution >= 4 is 51.3 Å². The van der Waals surface area contributed by atoms with Crippen molar-refractivity contribution in [1.82, 2.24) is 10.2 Å². The summed E-state index contributed by atoms with van der Waals surface area (Å²) in [5.74, 6) is 0.393. The number of benzene rings is 2. The number of ether oxygens (including phenoxy) is 1. The number of rotatable bonds is 10. The van der Waals surface area contributed by atoms with Crippen molar-refractivity contribution in [2.24, 2.45) is 0 Å². The normalized spacial score (nSPS) is 14.5. The Labute approximate surface area is 208 Å². The van der Waals surface area contributed by atoms with Gasteiger partial charge in [0.05, 0.1) is 22.2 Å². The molecular weight excluding hydrogens is 502 g/mol. The molecule has 1 aliphatic rings. The van der Waals surface area contributed by atoms with Gasteiger partial charge < -0.3 is 15.0 Å². The lowest BCUT2D eigenvalue weighted by Gasteiger charge is -2.30. The fourth-order valence-electron chi connectivity index (χ4n) is 3.61. The molecule has 33 heavy (non-hydrogen) atoms. The first-order chi connectivity index (χ1) is 16.0. The molecule has 2 aromatic carbocycles. The van der Waals surface area contributed by atoms with Gasteiger partial charge in [-0.25, -0.2) is 0 Å². The molecule has 176 valence electrons. The predicted molar refractivity (Wildman–Crippen MR) is 139 cm³/mol. The van der Waals surface area contributed by atoms with Crippen LogP contribution in [0.25, 0.3) is 6.08 Å². The van der Waals surface area contributed by atoms with Crippen LogP contribution in [0.5, 0.6) is 5.75 Å². The molecule has 0 aromatic heterocycles. The van der Waals surface area contributed by atoms with Gasteiger partial charge in [-0.05, 0) is 77.9 Å². The van der Waals surface area contributed by atoms with E-state index in [1.54, 1.807) is 12.0 Å². The van der Waals surface area contributed by atoms with Gasteiger partial charge in [0.1, 0.15) is 12.3 Å². The number of methoxy groups -OCH3 is 1. The number of para-hydroxylation sites is 1. The first kappa shape index (κ1) is 25.3. The number of carbonyl (C=O) groups excluding carboxylic acids is 2. The van der Waals surface area contributed by atoms with E-state index in [2.05, 4.69) is 40.0 Å². The van der Waals surface area contributed by atoms with Crippen LogP contribution in [0, 0.1) is 0 Å². The highest BCUT2D eigenvalue weighted by Crippen LogP contribution is 2.42. The molecule has 0 atom stereocenters. The summed E-state index contributed by atoms with van der Waals surface area (Å²) in [6, 6.07) is 13.3. The number of anilines is 1. The number of nitrogens with zero attached hydrogens (tertiary/aromatic N) is 2. The number of thioether (sulfide) groups is 1. The first-order valence-electron chi connectivity index (χ1n) is 11.1.